The molecular formula is C15H17N3O3. The Morgan fingerprint density at radius 2 is 2.14 bits per heavy atom. The van der Waals surface area contributed by atoms with Crippen molar-refractivity contribution in [1.82, 2.24) is 15.5 Å². The molecule has 110 valence electrons. The Morgan fingerprint density at radius 3 is 2.95 bits per heavy atom. The van der Waals surface area contributed by atoms with Crippen molar-refractivity contribution in [3.63, 3.8) is 0 Å². The number of benzene rings is 1. The first-order chi connectivity index (χ1) is 10.2. The Kier molecular flexibility index (Phi) is 2.85. The number of hydrogen-bond acceptors (Lipinski definition) is 6. The number of aromatic nitrogens is 2. The number of hydrogen-bond donors (Lipinski definition) is 1. The molecule has 1 aromatic heterocycles. The molecule has 2 aliphatic heterocycles. The van der Waals surface area contributed by atoms with Crippen molar-refractivity contribution in [2.45, 2.75) is 24.9 Å². The Balaban J connectivity index is 1.57. The van der Waals surface area contributed by atoms with Crippen molar-refractivity contribution in [2.24, 2.45) is 0 Å². The van der Waals surface area contributed by atoms with Crippen LogP contribution in [-0.2, 0) is 5.41 Å². The van der Waals surface area contributed by atoms with E-state index in [-0.39, 0.29) is 11.5 Å². The van der Waals surface area contributed by atoms with Crippen molar-refractivity contribution < 1.29 is 14.0 Å². The molecule has 1 aromatic carbocycles. The van der Waals surface area contributed by atoms with E-state index in [1.807, 2.05) is 24.3 Å². The van der Waals surface area contributed by atoms with Crippen LogP contribution in [-0.4, -0.2) is 29.8 Å². The van der Waals surface area contributed by atoms with Crippen molar-refractivity contribution in [3.05, 3.63) is 36.0 Å². The van der Waals surface area contributed by atoms with Gasteiger partial charge >= 0.3 is 0 Å². The molecule has 6 nitrogen and oxygen atoms in total. The van der Waals surface area contributed by atoms with E-state index in [1.165, 1.54) is 0 Å². The van der Waals surface area contributed by atoms with Gasteiger partial charge in [0, 0.05) is 6.54 Å². The van der Waals surface area contributed by atoms with Crippen LogP contribution in [0.2, 0.25) is 0 Å². The summed E-state index contributed by atoms with van der Waals surface area (Å²) in [4.78, 5) is 4.54. The fourth-order valence-electron chi connectivity index (χ4n) is 2.76. The highest BCUT2D eigenvalue weighted by molar-refractivity contribution is 5.40. The number of nitrogens with one attached hydrogen (secondary N) is 1. The predicted octanol–water partition coefficient (Wildman–Crippen LogP) is 1.83. The van der Waals surface area contributed by atoms with Gasteiger partial charge in [-0.15, -0.1) is 0 Å². The smallest absolute Gasteiger partial charge is 0.234 e. The van der Waals surface area contributed by atoms with E-state index in [1.54, 1.807) is 0 Å². The number of fused-ring (bicyclic) bond motifs is 1. The number of rotatable bonds is 2. The van der Waals surface area contributed by atoms with Gasteiger partial charge in [0.05, 0.1) is 5.41 Å². The monoisotopic (exact) mass is 287 g/mol. The summed E-state index contributed by atoms with van der Waals surface area (Å²) in [5, 5.41) is 7.41. The van der Waals surface area contributed by atoms with Crippen LogP contribution in [0.15, 0.2) is 28.8 Å². The van der Waals surface area contributed by atoms with Gasteiger partial charge in [-0.1, -0.05) is 17.3 Å². The first-order valence-electron chi connectivity index (χ1n) is 7.18. The summed E-state index contributed by atoms with van der Waals surface area (Å²) in [6, 6.07) is 7.60. The third-order valence-corrected chi connectivity index (χ3v) is 4.12. The van der Waals surface area contributed by atoms with Crippen LogP contribution >= 0.6 is 0 Å². The highest BCUT2D eigenvalue weighted by Gasteiger charge is 2.37. The summed E-state index contributed by atoms with van der Waals surface area (Å²) in [7, 11) is 0. The van der Waals surface area contributed by atoms with Crippen LogP contribution in [0.25, 0.3) is 0 Å². The summed E-state index contributed by atoms with van der Waals surface area (Å²) in [5.41, 5.74) is -0.0846. The summed E-state index contributed by atoms with van der Waals surface area (Å²) < 4.78 is 17.0. The van der Waals surface area contributed by atoms with Gasteiger partial charge < -0.3 is 19.3 Å². The minimum absolute atomic E-state index is 0.0846. The molecule has 2 aliphatic rings. The van der Waals surface area contributed by atoms with Crippen molar-refractivity contribution in [3.8, 4) is 11.5 Å². The molecule has 0 saturated carbocycles. The van der Waals surface area contributed by atoms with Gasteiger partial charge in [0.2, 0.25) is 11.7 Å². The average molecular weight is 287 g/mol. The molecule has 0 radical (unpaired) electrons. The average Bonchev–Trinajstić information content (AvgIpc) is 3.17. The van der Waals surface area contributed by atoms with Gasteiger partial charge in [-0.3, -0.25) is 0 Å². The van der Waals surface area contributed by atoms with Crippen LogP contribution in [0.5, 0.6) is 11.5 Å². The lowest BCUT2D eigenvalue weighted by molar-refractivity contribution is 0.0832. The van der Waals surface area contributed by atoms with Gasteiger partial charge in [0.25, 0.3) is 0 Å². The van der Waals surface area contributed by atoms with Crippen LogP contribution in [0.3, 0.4) is 0 Å². The molecule has 1 N–H and O–H groups in total. The molecule has 4 rings (SSSR count). The molecule has 1 saturated heterocycles. The van der Waals surface area contributed by atoms with Crippen LogP contribution in [0, 0.1) is 0 Å². The van der Waals surface area contributed by atoms with Gasteiger partial charge in [0.15, 0.2) is 17.6 Å². The second kappa shape index (κ2) is 4.73. The minimum Gasteiger partial charge on any atom is -0.485 e. The van der Waals surface area contributed by atoms with Gasteiger partial charge in [-0.05, 0) is 32.0 Å². The lowest BCUT2D eigenvalue weighted by Crippen LogP contribution is -2.26. The van der Waals surface area contributed by atoms with E-state index in [0.29, 0.717) is 24.1 Å². The Bertz CT molecular complexity index is 649. The van der Waals surface area contributed by atoms with Crippen molar-refractivity contribution in [2.75, 3.05) is 19.7 Å². The minimum atomic E-state index is -0.324. The van der Waals surface area contributed by atoms with Crippen LogP contribution < -0.4 is 14.8 Å². The lowest BCUT2D eigenvalue weighted by atomic mass is 9.90. The Labute approximate surface area is 122 Å². The second-order valence-electron chi connectivity index (χ2n) is 5.81. The molecule has 3 heterocycles. The molecule has 1 fully saturated rings. The van der Waals surface area contributed by atoms with E-state index < -0.39 is 0 Å². The fourth-order valence-corrected chi connectivity index (χ4v) is 2.76. The second-order valence-corrected chi connectivity index (χ2v) is 5.81. The summed E-state index contributed by atoms with van der Waals surface area (Å²) in [6.45, 7) is 4.37. The maximum Gasteiger partial charge on any atom is 0.234 e. The Hall–Kier alpha value is -2.08. The molecule has 2 aromatic rings. The van der Waals surface area contributed by atoms with Gasteiger partial charge in [-0.25, -0.2) is 0 Å². The molecule has 2 unspecified atom stereocenters. The van der Waals surface area contributed by atoms with E-state index >= 15 is 0 Å². The maximum atomic E-state index is 5.90. The summed E-state index contributed by atoms with van der Waals surface area (Å²) >= 11 is 0. The maximum absolute atomic E-state index is 5.90. The van der Waals surface area contributed by atoms with Gasteiger partial charge in [0.1, 0.15) is 6.61 Å². The molecule has 0 bridgehead atoms. The highest BCUT2D eigenvalue weighted by atomic mass is 16.6. The zero-order valence-corrected chi connectivity index (χ0v) is 11.8. The lowest BCUT2D eigenvalue weighted by Gasteiger charge is -2.24. The third-order valence-electron chi connectivity index (χ3n) is 4.12. The summed E-state index contributed by atoms with van der Waals surface area (Å²) in [5.74, 6) is 2.69. The quantitative estimate of drug-likeness (QED) is 0.909. The van der Waals surface area contributed by atoms with E-state index in [9.17, 15) is 0 Å². The van der Waals surface area contributed by atoms with E-state index in [2.05, 4.69) is 22.4 Å². The molecule has 2 atom stereocenters. The van der Waals surface area contributed by atoms with Crippen molar-refractivity contribution >= 4 is 0 Å². The first kappa shape index (κ1) is 12.6. The zero-order valence-electron chi connectivity index (χ0n) is 11.8. The zero-order chi connectivity index (χ0) is 14.3. The highest BCUT2D eigenvalue weighted by Crippen LogP contribution is 2.36. The first-order valence-corrected chi connectivity index (χ1v) is 7.18. The topological polar surface area (TPSA) is 69.4 Å². The van der Waals surface area contributed by atoms with E-state index in [4.69, 9.17) is 14.0 Å². The number of ether oxygens (including phenoxy) is 2. The predicted molar refractivity (Wildman–Crippen MR) is 74.4 cm³/mol. The van der Waals surface area contributed by atoms with Crippen LogP contribution in [0.1, 0.15) is 31.2 Å². The molecule has 0 aliphatic carbocycles. The molecule has 21 heavy (non-hydrogen) atoms. The number of para-hydroxylation sites is 2. The van der Waals surface area contributed by atoms with E-state index in [0.717, 1.165) is 25.3 Å². The standard InChI is InChI=1S/C15H17N3O3/c1-15(6-7-16-9-15)14-17-13(18-21-14)12-8-19-10-4-2-3-5-11(10)20-12/h2-5,12,16H,6-9H2,1H3. The third kappa shape index (κ3) is 2.15. The fraction of sp³-hybridized carbons (Fsp3) is 0.467. The Morgan fingerprint density at radius 1 is 1.29 bits per heavy atom. The van der Waals surface area contributed by atoms with Gasteiger partial charge in [-0.2, -0.15) is 4.98 Å². The SMILES string of the molecule is CC1(c2nc(C3COc4ccccc4O3)no2)CCNC1. The molecule has 0 spiro atoms. The summed E-state index contributed by atoms with van der Waals surface area (Å²) in [6.07, 6.45) is 0.676. The largest absolute Gasteiger partial charge is 0.485 e. The molecular weight excluding hydrogens is 270 g/mol. The molecule has 6 heteroatoms. The molecule has 0 amide bonds. The van der Waals surface area contributed by atoms with Crippen LogP contribution in [0.4, 0.5) is 0 Å². The normalized spacial score (nSPS) is 27.8. The van der Waals surface area contributed by atoms with Crippen molar-refractivity contribution in [1.29, 1.82) is 0 Å². The number of nitrogens with zero attached hydrogens (tertiary/aromatic N) is 2.